The molecular weight excluding hydrogens is 366 g/mol. The van der Waals surface area contributed by atoms with Crippen LogP contribution in [0.5, 0.6) is 0 Å². The van der Waals surface area contributed by atoms with Gasteiger partial charge in [-0.1, -0.05) is 0 Å². The largest absolute Gasteiger partial charge is 0.345 e. The lowest BCUT2D eigenvalue weighted by molar-refractivity contribution is -0.137. The Labute approximate surface area is 160 Å². The maximum absolute atomic E-state index is 13.2. The van der Waals surface area contributed by atoms with Crippen molar-refractivity contribution in [1.29, 1.82) is 0 Å². The van der Waals surface area contributed by atoms with E-state index in [0.717, 1.165) is 30.5 Å². The molecule has 1 aromatic rings. The molecule has 0 unspecified atom stereocenters. The van der Waals surface area contributed by atoms with Crippen LogP contribution in [0, 0.1) is 11.8 Å². The molecule has 2 atom stereocenters. The summed E-state index contributed by atoms with van der Waals surface area (Å²) in [6, 6.07) is 5.03. The van der Waals surface area contributed by atoms with E-state index in [9.17, 15) is 18.0 Å². The molecule has 3 aliphatic heterocycles. The molecule has 0 saturated carbocycles. The topological polar surface area (TPSA) is 78.0 Å². The van der Waals surface area contributed by atoms with Crippen LogP contribution in [0.3, 0.4) is 0 Å². The molecule has 0 radical (unpaired) electrons. The van der Waals surface area contributed by atoms with Gasteiger partial charge >= 0.3 is 0 Å². The van der Waals surface area contributed by atoms with E-state index in [2.05, 4.69) is 0 Å². The third-order valence-electron chi connectivity index (χ3n) is 6.12. The van der Waals surface area contributed by atoms with Gasteiger partial charge in [0.15, 0.2) is 0 Å². The van der Waals surface area contributed by atoms with E-state index in [4.69, 9.17) is 0 Å². The highest BCUT2D eigenvalue weighted by molar-refractivity contribution is 7.89. The molecule has 0 aromatic heterocycles. The number of hydrogen-bond acceptors (Lipinski definition) is 4. The Morgan fingerprint density at radius 3 is 2.70 bits per heavy atom. The van der Waals surface area contributed by atoms with E-state index in [1.807, 2.05) is 0 Å². The van der Waals surface area contributed by atoms with E-state index in [-0.39, 0.29) is 35.1 Å². The average Bonchev–Trinajstić information content (AvgIpc) is 3.09. The SMILES string of the molecule is CC(=O)N1CCCc2cc(S(=O)(=O)N3C[C@H]4CCN(C)C(=O)[C@H]4C3)ccc21. The summed E-state index contributed by atoms with van der Waals surface area (Å²) in [5.41, 5.74) is 1.70. The van der Waals surface area contributed by atoms with Gasteiger partial charge in [-0.2, -0.15) is 4.31 Å². The molecular formula is C19H25N3O4S. The number of likely N-dealkylation sites (tertiary alicyclic amines) is 1. The molecule has 0 aliphatic carbocycles. The van der Waals surface area contributed by atoms with Crippen molar-refractivity contribution in [1.82, 2.24) is 9.21 Å². The van der Waals surface area contributed by atoms with Gasteiger partial charge in [-0.05, 0) is 48.9 Å². The summed E-state index contributed by atoms with van der Waals surface area (Å²) in [5.74, 6) is -0.108. The number of amides is 2. The first kappa shape index (κ1) is 18.4. The summed E-state index contributed by atoms with van der Waals surface area (Å²) < 4.78 is 27.8. The molecule has 0 bridgehead atoms. The fraction of sp³-hybridized carbons (Fsp3) is 0.579. The van der Waals surface area contributed by atoms with Crippen LogP contribution in [0.1, 0.15) is 25.3 Å². The number of fused-ring (bicyclic) bond motifs is 2. The number of benzene rings is 1. The van der Waals surface area contributed by atoms with Gasteiger partial charge in [0.05, 0.1) is 10.8 Å². The fourth-order valence-corrected chi connectivity index (χ4v) is 6.14. The lowest BCUT2D eigenvalue weighted by atomic mass is 9.88. The number of rotatable bonds is 2. The molecule has 2 saturated heterocycles. The molecule has 3 aliphatic rings. The van der Waals surface area contributed by atoms with E-state index < -0.39 is 10.0 Å². The predicted molar refractivity (Wildman–Crippen MR) is 101 cm³/mol. The molecule has 1 aromatic carbocycles. The number of sulfonamides is 1. The normalized spacial score (nSPS) is 26.1. The number of aryl methyl sites for hydroxylation is 1. The molecule has 0 N–H and O–H groups in total. The average molecular weight is 391 g/mol. The minimum Gasteiger partial charge on any atom is -0.345 e. The number of carbonyl (C=O) groups is 2. The summed E-state index contributed by atoms with van der Waals surface area (Å²) in [4.78, 5) is 27.9. The second-order valence-electron chi connectivity index (χ2n) is 7.80. The van der Waals surface area contributed by atoms with Crippen LogP contribution < -0.4 is 4.90 Å². The summed E-state index contributed by atoms with van der Waals surface area (Å²) >= 11 is 0. The van der Waals surface area contributed by atoms with Crippen molar-refractivity contribution < 1.29 is 18.0 Å². The minimum absolute atomic E-state index is 0.0298. The van der Waals surface area contributed by atoms with Gasteiger partial charge in [0.25, 0.3) is 0 Å². The van der Waals surface area contributed by atoms with Gasteiger partial charge in [0.2, 0.25) is 21.8 Å². The molecule has 8 heteroatoms. The number of anilines is 1. The zero-order chi connectivity index (χ0) is 19.3. The van der Waals surface area contributed by atoms with Crippen molar-refractivity contribution >= 4 is 27.5 Å². The van der Waals surface area contributed by atoms with E-state index in [1.165, 1.54) is 11.2 Å². The predicted octanol–water partition coefficient (Wildman–Crippen LogP) is 1.08. The van der Waals surface area contributed by atoms with Crippen LogP contribution in [0.15, 0.2) is 23.1 Å². The van der Waals surface area contributed by atoms with Crippen molar-refractivity contribution in [2.24, 2.45) is 11.8 Å². The zero-order valence-electron chi connectivity index (χ0n) is 15.7. The van der Waals surface area contributed by atoms with Crippen molar-refractivity contribution in [3.63, 3.8) is 0 Å². The number of nitrogens with zero attached hydrogens (tertiary/aromatic N) is 3. The smallest absolute Gasteiger partial charge is 0.243 e. The lowest BCUT2D eigenvalue weighted by Crippen LogP contribution is -2.42. The van der Waals surface area contributed by atoms with Crippen molar-refractivity contribution in [3.8, 4) is 0 Å². The molecule has 3 heterocycles. The molecule has 7 nitrogen and oxygen atoms in total. The third-order valence-corrected chi connectivity index (χ3v) is 7.95. The van der Waals surface area contributed by atoms with Gasteiger partial charge in [-0.25, -0.2) is 8.42 Å². The first-order valence-electron chi connectivity index (χ1n) is 9.45. The van der Waals surface area contributed by atoms with Crippen LogP contribution in [0.4, 0.5) is 5.69 Å². The number of hydrogen-bond donors (Lipinski definition) is 0. The number of carbonyl (C=O) groups excluding carboxylic acids is 2. The molecule has 27 heavy (non-hydrogen) atoms. The Morgan fingerprint density at radius 2 is 1.96 bits per heavy atom. The van der Waals surface area contributed by atoms with Crippen LogP contribution in [0.25, 0.3) is 0 Å². The lowest BCUT2D eigenvalue weighted by Gasteiger charge is -2.30. The maximum Gasteiger partial charge on any atom is 0.243 e. The van der Waals surface area contributed by atoms with Crippen LogP contribution in [0.2, 0.25) is 0 Å². The highest BCUT2D eigenvalue weighted by Crippen LogP contribution is 2.36. The Balaban J connectivity index is 1.62. The van der Waals surface area contributed by atoms with Crippen molar-refractivity contribution in [2.75, 3.05) is 38.1 Å². The summed E-state index contributed by atoms with van der Waals surface area (Å²) in [6.45, 7) is 3.54. The Hall–Kier alpha value is -1.93. The van der Waals surface area contributed by atoms with E-state index >= 15 is 0 Å². The van der Waals surface area contributed by atoms with Gasteiger partial charge in [0, 0.05) is 45.8 Å². The van der Waals surface area contributed by atoms with Crippen LogP contribution in [-0.2, 0) is 26.0 Å². The maximum atomic E-state index is 13.2. The van der Waals surface area contributed by atoms with Crippen molar-refractivity contribution in [3.05, 3.63) is 23.8 Å². The monoisotopic (exact) mass is 391 g/mol. The van der Waals surface area contributed by atoms with E-state index in [0.29, 0.717) is 19.6 Å². The van der Waals surface area contributed by atoms with Gasteiger partial charge in [-0.3, -0.25) is 9.59 Å². The standard InChI is InChI=1S/C19H25N3O4S/c1-13(23)22-8-3-4-14-10-16(5-6-18(14)22)27(25,26)21-11-15-7-9-20(2)19(24)17(15)12-21/h5-6,10,15,17H,3-4,7-9,11-12H2,1-2H3/t15-,17+/m1/s1. The molecule has 4 rings (SSSR count). The second kappa shape index (κ2) is 6.60. The molecule has 2 fully saturated rings. The molecule has 146 valence electrons. The Morgan fingerprint density at radius 1 is 1.19 bits per heavy atom. The second-order valence-corrected chi connectivity index (χ2v) is 9.74. The Kier molecular flexibility index (Phi) is 4.50. The highest BCUT2D eigenvalue weighted by Gasteiger charge is 2.45. The number of piperidine rings is 1. The highest BCUT2D eigenvalue weighted by atomic mass is 32.2. The van der Waals surface area contributed by atoms with Gasteiger partial charge < -0.3 is 9.80 Å². The summed E-state index contributed by atoms with van der Waals surface area (Å²) in [7, 11) is -1.87. The van der Waals surface area contributed by atoms with Gasteiger partial charge in [-0.15, -0.1) is 0 Å². The fourth-order valence-electron chi connectivity index (χ4n) is 4.56. The van der Waals surface area contributed by atoms with Gasteiger partial charge in [0.1, 0.15) is 0 Å². The quantitative estimate of drug-likeness (QED) is 0.756. The minimum atomic E-state index is -3.65. The zero-order valence-corrected chi connectivity index (χ0v) is 16.5. The summed E-state index contributed by atoms with van der Waals surface area (Å²) in [6.07, 6.45) is 2.43. The first-order chi connectivity index (χ1) is 12.8. The van der Waals surface area contributed by atoms with Crippen LogP contribution in [-0.4, -0.2) is 62.7 Å². The summed E-state index contributed by atoms with van der Waals surface area (Å²) in [5, 5.41) is 0. The first-order valence-corrected chi connectivity index (χ1v) is 10.9. The van der Waals surface area contributed by atoms with E-state index in [1.54, 1.807) is 35.0 Å². The third kappa shape index (κ3) is 3.04. The van der Waals surface area contributed by atoms with Crippen molar-refractivity contribution in [2.45, 2.75) is 31.1 Å². The molecule has 2 amide bonds. The Bertz CT molecular complexity index is 898. The molecule has 0 spiro atoms. The van der Waals surface area contributed by atoms with Crippen LogP contribution >= 0.6 is 0 Å².